The molecule has 4 rings (SSSR count). The first kappa shape index (κ1) is 23.3. The van der Waals surface area contributed by atoms with Crippen molar-refractivity contribution in [2.45, 2.75) is 90.4 Å². The van der Waals surface area contributed by atoms with Crippen LogP contribution in [0.25, 0.3) is 10.8 Å². The summed E-state index contributed by atoms with van der Waals surface area (Å²) in [6.07, 6.45) is 19.2. The van der Waals surface area contributed by atoms with E-state index in [0.29, 0.717) is 23.7 Å². The fourth-order valence-electron chi connectivity index (χ4n) is 6.30. The maximum atomic E-state index is 14.9. The third-order valence-electron chi connectivity index (χ3n) is 8.17. The summed E-state index contributed by atoms with van der Waals surface area (Å²) in [6.45, 7) is 4.64. The summed E-state index contributed by atoms with van der Waals surface area (Å²) in [4.78, 5) is 0. The second-order valence-corrected chi connectivity index (χ2v) is 10.3. The molecule has 0 radical (unpaired) electrons. The van der Waals surface area contributed by atoms with Gasteiger partial charge in [-0.3, -0.25) is 0 Å². The number of benzene rings is 2. The average molecular weight is 437 g/mol. The predicted octanol–water partition coefficient (Wildman–Crippen LogP) is 9.20. The second-order valence-electron chi connectivity index (χ2n) is 10.3. The van der Waals surface area contributed by atoms with E-state index in [4.69, 9.17) is 4.74 Å². The van der Waals surface area contributed by atoms with E-state index >= 15 is 0 Å². The van der Waals surface area contributed by atoms with Gasteiger partial charge in [0.05, 0.1) is 0 Å². The molecule has 0 spiro atoms. The molecule has 174 valence electrons. The number of unbranched alkanes of at least 4 members (excludes halogenated alkanes) is 3. The van der Waals surface area contributed by atoms with Crippen LogP contribution in [0.4, 0.5) is 4.39 Å². The van der Waals surface area contributed by atoms with E-state index in [1.54, 1.807) is 6.07 Å². The van der Waals surface area contributed by atoms with Crippen LogP contribution in [0, 0.1) is 23.6 Å². The lowest BCUT2D eigenvalue weighted by molar-refractivity contribution is 0.113. The van der Waals surface area contributed by atoms with E-state index in [1.165, 1.54) is 76.2 Å². The Bertz CT molecular complexity index is 901. The third-order valence-corrected chi connectivity index (χ3v) is 8.17. The van der Waals surface area contributed by atoms with E-state index < -0.39 is 0 Å². The van der Waals surface area contributed by atoms with Crippen molar-refractivity contribution in [3.8, 4) is 5.75 Å². The minimum absolute atomic E-state index is 0.237. The molecule has 2 heteroatoms. The first-order chi connectivity index (χ1) is 15.7. The van der Waals surface area contributed by atoms with Gasteiger partial charge in [-0.2, -0.15) is 0 Å². The molecule has 1 nitrogen and oxygen atoms in total. The molecule has 4 atom stereocenters. The van der Waals surface area contributed by atoms with Gasteiger partial charge in [-0.25, -0.2) is 4.39 Å². The summed E-state index contributed by atoms with van der Waals surface area (Å²) in [7, 11) is 0. The van der Waals surface area contributed by atoms with Crippen LogP contribution < -0.4 is 4.74 Å². The van der Waals surface area contributed by atoms with Gasteiger partial charge in [-0.1, -0.05) is 81.9 Å². The number of hydrogen-bond donors (Lipinski definition) is 0. The third kappa shape index (κ3) is 5.56. The molecule has 2 aromatic rings. The number of halogens is 1. The van der Waals surface area contributed by atoms with Crippen molar-refractivity contribution < 1.29 is 9.13 Å². The number of fused-ring (bicyclic) bond motifs is 2. The van der Waals surface area contributed by atoms with Gasteiger partial charge in [0.15, 0.2) is 11.6 Å². The van der Waals surface area contributed by atoms with Crippen LogP contribution in [0.5, 0.6) is 5.75 Å². The summed E-state index contributed by atoms with van der Waals surface area (Å²) < 4.78 is 20.5. The van der Waals surface area contributed by atoms with Crippen LogP contribution in [0.2, 0.25) is 0 Å². The molecule has 2 fully saturated rings. The van der Waals surface area contributed by atoms with Gasteiger partial charge in [0.25, 0.3) is 0 Å². The maximum absolute atomic E-state index is 14.9. The van der Waals surface area contributed by atoms with Gasteiger partial charge in [0.1, 0.15) is 6.61 Å². The standard InChI is InChI=1S/C30H41FO/c1-3-5-7-8-9-22-10-11-24-20-25(13-12-23(24)19-22)26-14-16-28-27(21-26)15-17-29(30(28)31)32-18-6-4-2/h4,6,14-17,21-25H,3,5,7-13,18-20H2,1-2H3. The lowest BCUT2D eigenvalue weighted by Gasteiger charge is -2.42. The van der Waals surface area contributed by atoms with E-state index in [0.717, 1.165) is 23.1 Å². The van der Waals surface area contributed by atoms with Gasteiger partial charge < -0.3 is 4.74 Å². The zero-order valence-electron chi connectivity index (χ0n) is 20.1. The normalized spacial score (nSPS) is 25.8. The van der Waals surface area contributed by atoms with Crippen molar-refractivity contribution in [1.82, 2.24) is 0 Å². The van der Waals surface area contributed by atoms with Gasteiger partial charge >= 0.3 is 0 Å². The first-order valence-corrected chi connectivity index (χ1v) is 13.2. The SMILES string of the molecule is CC=CCOc1ccc2cc(C3CCC4CC(CCCCCC)CCC4C3)ccc2c1F. The molecular weight excluding hydrogens is 395 g/mol. The zero-order valence-corrected chi connectivity index (χ0v) is 20.1. The molecule has 2 aliphatic carbocycles. The largest absolute Gasteiger partial charge is 0.486 e. The lowest BCUT2D eigenvalue weighted by Crippen LogP contribution is -2.30. The summed E-state index contributed by atoms with van der Waals surface area (Å²) in [6, 6.07) is 10.2. The second kappa shape index (κ2) is 11.3. The lowest BCUT2D eigenvalue weighted by atomic mass is 9.63. The van der Waals surface area contributed by atoms with Gasteiger partial charge in [0.2, 0.25) is 0 Å². The van der Waals surface area contributed by atoms with Crippen molar-refractivity contribution in [2.24, 2.45) is 17.8 Å². The Morgan fingerprint density at radius 3 is 2.66 bits per heavy atom. The average Bonchev–Trinajstić information content (AvgIpc) is 2.83. The fraction of sp³-hybridized carbons (Fsp3) is 0.600. The van der Waals surface area contributed by atoms with Crippen LogP contribution in [0.3, 0.4) is 0 Å². The molecule has 0 amide bonds. The topological polar surface area (TPSA) is 9.23 Å². The maximum Gasteiger partial charge on any atom is 0.172 e. The number of rotatable bonds is 9. The molecule has 2 aliphatic rings. The van der Waals surface area contributed by atoms with Crippen LogP contribution >= 0.6 is 0 Å². The zero-order chi connectivity index (χ0) is 22.3. The van der Waals surface area contributed by atoms with Gasteiger partial charge in [-0.15, -0.1) is 0 Å². The molecule has 2 saturated carbocycles. The van der Waals surface area contributed by atoms with E-state index in [2.05, 4.69) is 19.1 Å². The van der Waals surface area contributed by atoms with Crippen LogP contribution in [0.1, 0.15) is 96.0 Å². The summed E-state index contributed by atoms with van der Waals surface area (Å²) in [5.74, 6) is 3.57. The Balaban J connectivity index is 1.37. The Morgan fingerprint density at radius 1 is 0.969 bits per heavy atom. The first-order valence-electron chi connectivity index (χ1n) is 13.2. The molecule has 0 aliphatic heterocycles. The molecule has 0 N–H and O–H groups in total. The van der Waals surface area contributed by atoms with Crippen molar-refractivity contribution in [3.05, 3.63) is 53.9 Å². The molecule has 0 heterocycles. The summed E-state index contributed by atoms with van der Waals surface area (Å²) >= 11 is 0. The van der Waals surface area contributed by atoms with Crippen LogP contribution in [-0.4, -0.2) is 6.61 Å². The van der Waals surface area contributed by atoms with Crippen molar-refractivity contribution in [3.63, 3.8) is 0 Å². The highest BCUT2D eigenvalue weighted by Crippen LogP contribution is 2.48. The van der Waals surface area contributed by atoms with Crippen molar-refractivity contribution in [1.29, 1.82) is 0 Å². The van der Waals surface area contributed by atoms with E-state index in [-0.39, 0.29) is 5.82 Å². The molecule has 32 heavy (non-hydrogen) atoms. The summed E-state index contributed by atoms with van der Waals surface area (Å²) in [5, 5.41) is 1.67. The van der Waals surface area contributed by atoms with Gasteiger partial charge in [-0.05, 0) is 79.7 Å². The molecule has 0 bridgehead atoms. The molecule has 4 unspecified atom stereocenters. The minimum Gasteiger partial charge on any atom is -0.486 e. The Labute approximate surface area is 194 Å². The minimum atomic E-state index is -0.237. The highest BCUT2D eigenvalue weighted by atomic mass is 19.1. The number of hydrogen-bond acceptors (Lipinski definition) is 1. The van der Waals surface area contributed by atoms with Crippen molar-refractivity contribution >= 4 is 10.8 Å². The molecular formula is C30H41FO. The number of allylic oxidation sites excluding steroid dienone is 1. The van der Waals surface area contributed by atoms with Gasteiger partial charge in [0, 0.05) is 5.39 Å². The monoisotopic (exact) mass is 436 g/mol. The smallest absolute Gasteiger partial charge is 0.172 e. The summed E-state index contributed by atoms with van der Waals surface area (Å²) in [5.41, 5.74) is 1.40. The van der Waals surface area contributed by atoms with E-state index in [1.807, 2.05) is 31.2 Å². The highest BCUT2D eigenvalue weighted by molar-refractivity contribution is 5.85. The predicted molar refractivity (Wildman–Crippen MR) is 134 cm³/mol. The highest BCUT2D eigenvalue weighted by Gasteiger charge is 2.35. The quantitative estimate of drug-likeness (QED) is 0.281. The van der Waals surface area contributed by atoms with Crippen LogP contribution in [-0.2, 0) is 0 Å². The molecule has 0 saturated heterocycles. The molecule has 2 aromatic carbocycles. The van der Waals surface area contributed by atoms with E-state index in [9.17, 15) is 4.39 Å². The Hall–Kier alpha value is -1.83. The Kier molecular flexibility index (Phi) is 8.27. The molecule has 0 aromatic heterocycles. The number of ether oxygens (including phenoxy) is 1. The fourth-order valence-corrected chi connectivity index (χ4v) is 6.30. The van der Waals surface area contributed by atoms with Crippen molar-refractivity contribution in [2.75, 3.05) is 6.61 Å². The van der Waals surface area contributed by atoms with Crippen LogP contribution in [0.15, 0.2) is 42.5 Å². The Morgan fingerprint density at radius 2 is 1.81 bits per heavy atom.